The molecule has 0 aliphatic rings. The summed E-state index contributed by atoms with van der Waals surface area (Å²) >= 11 is 1.61. The zero-order valence-electron chi connectivity index (χ0n) is 14.5. The number of rotatable bonds is 5. The van der Waals surface area contributed by atoms with Gasteiger partial charge in [0.25, 0.3) is 5.69 Å². The second kappa shape index (κ2) is 7.13. The number of benzene rings is 2. The van der Waals surface area contributed by atoms with Gasteiger partial charge in [0.2, 0.25) is 0 Å². The van der Waals surface area contributed by atoms with Crippen LogP contribution in [0.4, 0.5) is 17.2 Å². The van der Waals surface area contributed by atoms with Gasteiger partial charge in [-0.1, -0.05) is 36.4 Å². The number of aryl methyl sites for hydroxylation is 1. The molecule has 0 aliphatic carbocycles. The number of thiophene rings is 1. The molecule has 0 aliphatic heterocycles. The predicted molar refractivity (Wildman–Crippen MR) is 108 cm³/mol. The molecule has 134 valence electrons. The number of anilines is 2. The average molecular weight is 376 g/mol. The molecule has 0 amide bonds. The Morgan fingerprint density at radius 2 is 1.89 bits per heavy atom. The lowest BCUT2D eigenvalue weighted by Gasteiger charge is -2.09. The van der Waals surface area contributed by atoms with Crippen molar-refractivity contribution < 1.29 is 4.92 Å². The number of fused-ring (bicyclic) bond motifs is 1. The van der Waals surface area contributed by atoms with E-state index in [9.17, 15) is 10.1 Å². The van der Waals surface area contributed by atoms with E-state index in [1.807, 2.05) is 43.3 Å². The second-order valence-corrected chi connectivity index (χ2v) is 7.39. The van der Waals surface area contributed by atoms with Crippen molar-refractivity contribution in [2.75, 3.05) is 5.32 Å². The lowest BCUT2D eigenvalue weighted by molar-refractivity contribution is -0.384. The van der Waals surface area contributed by atoms with Crippen LogP contribution in [0.25, 0.3) is 10.2 Å². The quantitative estimate of drug-likeness (QED) is 0.380. The molecule has 0 atom stereocenters. The minimum atomic E-state index is -0.406. The molecule has 0 unspecified atom stereocenters. The molecule has 6 nitrogen and oxygen atoms in total. The van der Waals surface area contributed by atoms with E-state index in [2.05, 4.69) is 5.32 Å². The van der Waals surface area contributed by atoms with E-state index in [-0.39, 0.29) is 5.69 Å². The van der Waals surface area contributed by atoms with Crippen LogP contribution in [-0.4, -0.2) is 14.9 Å². The van der Waals surface area contributed by atoms with Gasteiger partial charge in [0.1, 0.15) is 16.5 Å². The molecule has 4 rings (SSSR count). The summed E-state index contributed by atoms with van der Waals surface area (Å²) in [7, 11) is 0. The van der Waals surface area contributed by atoms with Crippen molar-refractivity contribution in [1.82, 2.24) is 9.97 Å². The van der Waals surface area contributed by atoms with Crippen molar-refractivity contribution in [3.8, 4) is 0 Å². The van der Waals surface area contributed by atoms with E-state index >= 15 is 0 Å². The average Bonchev–Trinajstić information content (AvgIpc) is 3.03. The van der Waals surface area contributed by atoms with Gasteiger partial charge in [0, 0.05) is 29.1 Å². The molecular weight excluding hydrogens is 360 g/mol. The van der Waals surface area contributed by atoms with Crippen molar-refractivity contribution in [2.45, 2.75) is 13.3 Å². The SMILES string of the molecule is Cc1cc2c(Nc3cccc([N+](=O)[O-])c3)nc(Cc3ccccc3)nc2s1. The molecule has 0 bridgehead atoms. The number of nitrogens with zero attached hydrogens (tertiary/aromatic N) is 3. The maximum Gasteiger partial charge on any atom is 0.271 e. The fourth-order valence-corrected chi connectivity index (χ4v) is 3.77. The molecule has 1 N–H and O–H groups in total. The van der Waals surface area contributed by atoms with Gasteiger partial charge in [-0.3, -0.25) is 10.1 Å². The number of hydrogen-bond donors (Lipinski definition) is 1. The van der Waals surface area contributed by atoms with E-state index in [1.54, 1.807) is 23.5 Å². The molecular formula is C20H16N4O2S. The van der Waals surface area contributed by atoms with Gasteiger partial charge in [0.15, 0.2) is 0 Å². The Kier molecular flexibility index (Phi) is 4.52. The summed E-state index contributed by atoms with van der Waals surface area (Å²) in [5.41, 5.74) is 1.79. The molecule has 2 aromatic carbocycles. The molecule has 2 aromatic heterocycles. The van der Waals surface area contributed by atoms with Crippen LogP contribution in [0.2, 0.25) is 0 Å². The van der Waals surface area contributed by atoms with Crippen LogP contribution >= 0.6 is 11.3 Å². The van der Waals surface area contributed by atoms with Crippen LogP contribution in [0.1, 0.15) is 16.3 Å². The first-order valence-electron chi connectivity index (χ1n) is 8.41. The largest absolute Gasteiger partial charge is 0.339 e. The van der Waals surface area contributed by atoms with Gasteiger partial charge in [0.05, 0.1) is 10.3 Å². The zero-order valence-corrected chi connectivity index (χ0v) is 15.4. The van der Waals surface area contributed by atoms with Crippen molar-refractivity contribution in [3.05, 3.63) is 87.0 Å². The van der Waals surface area contributed by atoms with Gasteiger partial charge < -0.3 is 5.32 Å². The molecule has 27 heavy (non-hydrogen) atoms. The van der Waals surface area contributed by atoms with Crippen LogP contribution in [0.15, 0.2) is 60.7 Å². The first kappa shape index (κ1) is 17.1. The van der Waals surface area contributed by atoms with Gasteiger partial charge in [-0.25, -0.2) is 9.97 Å². The van der Waals surface area contributed by atoms with Crippen molar-refractivity contribution in [1.29, 1.82) is 0 Å². The summed E-state index contributed by atoms with van der Waals surface area (Å²) in [4.78, 5) is 22.1. The maximum atomic E-state index is 11.0. The third-order valence-corrected chi connectivity index (χ3v) is 5.03. The van der Waals surface area contributed by atoms with Gasteiger partial charge in [-0.2, -0.15) is 0 Å². The summed E-state index contributed by atoms with van der Waals surface area (Å²) in [6.07, 6.45) is 0.622. The number of nitrogens with one attached hydrogen (secondary N) is 1. The third kappa shape index (κ3) is 3.78. The van der Waals surface area contributed by atoms with E-state index in [0.717, 1.165) is 20.7 Å². The number of nitro benzene ring substituents is 1. The number of nitro groups is 1. The molecule has 0 spiro atoms. The highest BCUT2D eigenvalue weighted by molar-refractivity contribution is 7.18. The van der Waals surface area contributed by atoms with Crippen LogP contribution in [0.5, 0.6) is 0 Å². The Morgan fingerprint density at radius 1 is 1.07 bits per heavy atom. The summed E-state index contributed by atoms with van der Waals surface area (Å²) in [6.45, 7) is 2.03. The van der Waals surface area contributed by atoms with E-state index in [0.29, 0.717) is 23.8 Å². The fraction of sp³-hybridized carbons (Fsp3) is 0.100. The molecule has 7 heteroatoms. The number of hydrogen-bond acceptors (Lipinski definition) is 6. The topological polar surface area (TPSA) is 81.0 Å². The van der Waals surface area contributed by atoms with Crippen LogP contribution < -0.4 is 5.32 Å². The highest BCUT2D eigenvalue weighted by Crippen LogP contribution is 2.31. The van der Waals surface area contributed by atoms with Crippen molar-refractivity contribution >= 4 is 38.7 Å². The molecule has 0 radical (unpaired) electrons. The normalized spacial score (nSPS) is 10.9. The van der Waals surface area contributed by atoms with Crippen LogP contribution in [0, 0.1) is 17.0 Å². The van der Waals surface area contributed by atoms with Crippen molar-refractivity contribution in [3.63, 3.8) is 0 Å². The summed E-state index contributed by atoms with van der Waals surface area (Å²) in [5, 5.41) is 15.2. The Morgan fingerprint density at radius 3 is 2.67 bits per heavy atom. The molecule has 0 saturated carbocycles. The molecule has 2 heterocycles. The van der Waals surface area contributed by atoms with Crippen molar-refractivity contribution in [2.24, 2.45) is 0 Å². The minimum Gasteiger partial charge on any atom is -0.339 e. The van der Waals surface area contributed by atoms with Crippen LogP contribution in [-0.2, 0) is 6.42 Å². The Hall–Kier alpha value is -3.32. The third-order valence-electron chi connectivity index (χ3n) is 4.09. The number of aromatic nitrogens is 2. The summed E-state index contributed by atoms with van der Waals surface area (Å²) in [6, 6.07) is 18.5. The molecule has 4 aromatic rings. The van der Waals surface area contributed by atoms with Gasteiger partial charge in [-0.15, -0.1) is 11.3 Å². The Labute approximate surface area is 159 Å². The summed E-state index contributed by atoms with van der Waals surface area (Å²) in [5.74, 6) is 1.37. The first-order chi connectivity index (χ1) is 13.1. The highest BCUT2D eigenvalue weighted by Gasteiger charge is 2.13. The zero-order chi connectivity index (χ0) is 18.8. The Balaban J connectivity index is 1.74. The minimum absolute atomic E-state index is 0.0382. The summed E-state index contributed by atoms with van der Waals surface area (Å²) < 4.78 is 0. The second-order valence-electron chi connectivity index (χ2n) is 6.16. The lowest BCUT2D eigenvalue weighted by Crippen LogP contribution is -2.02. The standard InChI is InChI=1S/C20H16N4O2S/c1-13-10-17-19(21-15-8-5-9-16(12-15)24(25)26)22-18(23-20(17)27-13)11-14-6-3-2-4-7-14/h2-10,12H,11H2,1H3,(H,21,22,23). The highest BCUT2D eigenvalue weighted by atomic mass is 32.1. The smallest absolute Gasteiger partial charge is 0.271 e. The molecule has 0 saturated heterocycles. The Bertz CT molecular complexity index is 1130. The van der Waals surface area contributed by atoms with E-state index < -0.39 is 4.92 Å². The monoisotopic (exact) mass is 376 g/mol. The van der Waals surface area contributed by atoms with E-state index in [1.165, 1.54) is 12.1 Å². The fourth-order valence-electron chi connectivity index (χ4n) is 2.87. The lowest BCUT2D eigenvalue weighted by atomic mass is 10.1. The van der Waals surface area contributed by atoms with E-state index in [4.69, 9.17) is 9.97 Å². The maximum absolute atomic E-state index is 11.0. The van der Waals surface area contributed by atoms with Gasteiger partial charge >= 0.3 is 0 Å². The predicted octanol–water partition coefficient (Wildman–Crippen LogP) is 5.24. The molecule has 0 fully saturated rings. The number of non-ortho nitro benzene ring substituents is 1. The van der Waals surface area contributed by atoms with Crippen LogP contribution in [0.3, 0.4) is 0 Å². The first-order valence-corrected chi connectivity index (χ1v) is 9.22. The van der Waals surface area contributed by atoms with Gasteiger partial charge in [-0.05, 0) is 24.6 Å².